The normalized spacial score (nSPS) is 18.1. The summed E-state index contributed by atoms with van der Waals surface area (Å²) >= 11 is 5.63. The summed E-state index contributed by atoms with van der Waals surface area (Å²) in [5, 5.41) is 11.5. The van der Waals surface area contributed by atoms with E-state index in [4.69, 9.17) is 26.2 Å². The molecule has 2 unspecified atom stereocenters. The molecule has 1 aromatic rings. The van der Waals surface area contributed by atoms with Crippen LogP contribution in [0.4, 0.5) is 4.39 Å². The standard InChI is InChI=1S/C17H21ClFNO5/c18-13-4-3-11(8-14(13)19)15(9-17(22)23)20-16(21)5-7-24-10-12-2-1-6-25-12/h3-4,8,12,15H,1-2,5-7,9-10H2,(H,20,21)(H,22,23). The van der Waals surface area contributed by atoms with E-state index in [2.05, 4.69) is 5.32 Å². The Morgan fingerprint density at radius 2 is 2.28 bits per heavy atom. The number of benzene rings is 1. The lowest BCUT2D eigenvalue weighted by Crippen LogP contribution is -2.31. The van der Waals surface area contributed by atoms with Gasteiger partial charge in [0.15, 0.2) is 0 Å². The highest BCUT2D eigenvalue weighted by molar-refractivity contribution is 6.30. The van der Waals surface area contributed by atoms with Crippen LogP contribution in [-0.2, 0) is 19.1 Å². The van der Waals surface area contributed by atoms with Crippen molar-refractivity contribution in [3.63, 3.8) is 0 Å². The van der Waals surface area contributed by atoms with Crippen molar-refractivity contribution in [2.24, 2.45) is 0 Å². The number of carbonyl (C=O) groups is 2. The molecule has 0 radical (unpaired) electrons. The first-order chi connectivity index (χ1) is 12.0. The highest BCUT2D eigenvalue weighted by Gasteiger charge is 2.20. The number of amides is 1. The molecule has 0 saturated carbocycles. The number of carboxylic acid groups (broad SMARTS) is 1. The molecule has 25 heavy (non-hydrogen) atoms. The first kappa shape index (κ1) is 19.6. The van der Waals surface area contributed by atoms with Gasteiger partial charge in [-0.05, 0) is 30.5 Å². The largest absolute Gasteiger partial charge is 0.481 e. The zero-order valence-corrected chi connectivity index (χ0v) is 14.4. The van der Waals surface area contributed by atoms with E-state index >= 15 is 0 Å². The minimum absolute atomic E-state index is 0.0633. The Balaban J connectivity index is 1.84. The second kappa shape index (κ2) is 9.70. The van der Waals surface area contributed by atoms with Crippen molar-refractivity contribution < 1.29 is 28.6 Å². The Morgan fingerprint density at radius 3 is 2.92 bits per heavy atom. The molecule has 0 aliphatic carbocycles. The lowest BCUT2D eigenvalue weighted by atomic mass is 10.0. The number of ether oxygens (including phenoxy) is 2. The van der Waals surface area contributed by atoms with Gasteiger partial charge < -0.3 is 19.9 Å². The molecular formula is C17H21ClFNO5. The van der Waals surface area contributed by atoms with E-state index in [1.165, 1.54) is 12.1 Å². The number of hydrogen-bond acceptors (Lipinski definition) is 4. The van der Waals surface area contributed by atoms with E-state index in [1.54, 1.807) is 0 Å². The summed E-state index contributed by atoms with van der Waals surface area (Å²) in [6, 6.07) is 3.12. The van der Waals surface area contributed by atoms with Gasteiger partial charge in [0.2, 0.25) is 5.91 Å². The Labute approximate surface area is 150 Å². The maximum Gasteiger partial charge on any atom is 0.305 e. The average Bonchev–Trinajstić information content (AvgIpc) is 3.06. The first-order valence-electron chi connectivity index (χ1n) is 8.11. The molecule has 1 aliphatic heterocycles. The van der Waals surface area contributed by atoms with Crippen molar-refractivity contribution in [3.05, 3.63) is 34.6 Å². The molecule has 1 saturated heterocycles. The summed E-state index contributed by atoms with van der Waals surface area (Å²) in [6.07, 6.45) is 1.78. The van der Waals surface area contributed by atoms with Crippen molar-refractivity contribution in [1.29, 1.82) is 0 Å². The summed E-state index contributed by atoms with van der Waals surface area (Å²) in [4.78, 5) is 23.0. The number of carboxylic acids is 1. The van der Waals surface area contributed by atoms with E-state index in [9.17, 15) is 14.0 Å². The number of hydrogen-bond donors (Lipinski definition) is 2. The maximum atomic E-state index is 13.6. The quantitative estimate of drug-likeness (QED) is 0.650. The van der Waals surface area contributed by atoms with Crippen LogP contribution in [-0.4, -0.2) is 42.9 Å². The van der Waals surface area contributed by atoms with Crippen LogP contribution in [0.3, 0.4) is 0 Å². The Bertz CT molecular complexity index is 607. The van der Waals surface area contributed by atoms with Crippen LogP contribution in [0.15, 0.2) is 18.2 Å². The Morgan fingerprint density at radius 1 is 1.48 bits per heavy atom. The Kier molecular flexibility index (Phi) is 7.61. The van der Waals surface area contributed by atoms with Crippen molar-refractivity contribution in [1.82, 2.24) is 5.32 Å². The van der Waals surface area contributed by atoms with Gasteiger partial charge in [0, 0.05) is 13.0 Å². The van der Waals surface area contributed by atoms with E-state index in [-0.39, 0.29) is 36.5 Å². The molecule has 0 aromatic heterocycles. The van der Waals surface area contributed by atoms with E-state index in [1.807, 2.05) is 0 Å². The molecule has 2 N–H and O–H groups in total. The van der Waals surface area contributed by atoms with Crippen molar-refractivity contribution in [3.8, 4) is 0 Å². The number of aliphatic carboxylic acids is 1. The molecule has 0 spiro atoms. The number of halogens is 2. The van der Waals surface area contributed by atoms with E-state index in [0.29, 0.717) is 12.2 Å². The minimum Gasteiger partial charge on any atom is -0.481 e. The summed E-state index contributed by atoms with van der Waals surface area (Å²) in [6.45, 7) is 1.39. The summed E-state index contributed by atoms with van der Waals surface area (Å²) in [5.41, 5.74) is 0.345. The summed E-state index contributed by atoms with van der Waals surface area (Å²) < 4.78 is 24.4. The third-order valence-electron chi connectivity index (χ3n) is 3.86. The third-order valence-corrected chi connectivity index (χ3v) is 4.17. The summed E-state index contributed by atoms with van der Waals surface area (Å²) in [5.74, 6) is -2.13. The third kappa shape index (κ3) is 6.61. The van der Waals surface area contributed by atoms with Crippen molar-refractivity contribution >= 4 is 23.5 Å². The molecular weight excluding hydrogens is 353 g/mol. The molecule has 1 fully saturated rings. The van der Waals surface area contributed by atoms with Crippen molar-refractivity contribution in [2.45, 2.75) is 37.8 Å². The monoisotopic (exact) mass is 373 g/mol. The van der Waals surface area contributed by atoms with Gasteiger partial charge >= 0.3 is 5.97 Å². The van der Waals surface area contributed by atoms with Gasteiger partial charge in [-0.2, -0.15) is 0 Å². The fraction of sp³-hybridized carbons (Fsp3) is 0.529. The topological polar surface area (TPSA) is 84.9 Å². The second-order valence-corrected chi connectivity index (χ2v) is 6.26. The molecule has 2 atom stereocenters. The van der Waals surface area contributed by atoms with Crippen LogP contribution in [0.5, 0.6) is 0 Å². The van der Waals surface area contributed by atoms with Gasteiger partial charge in [-0.3, -0.25) is 9.59 Å². The SMILES string of the molecule is O=C(O)CC(NC(=O)CCOCC1CCCO1)c1ccc(Cl)c(F)c1. The number of nitrogens with one attached hydrogen (secondary N) is 1. The first-order valence-corrected chi connectivity index (χ1v) is 8.49. The van der Waals surface area contributed by atoms with Crippen LogP contribution in [0, 0.1) is 5.82 Å². The van der Waals surface area contributed by atoms with Gasteiger partial charge in [0.1, 0.15) is 5.82 Å². The molecule has 1 aromatic carbocycles. The predicted molar refractivity (Wildman–Crippen MR) is 89.0 cm³/mol. The van der Waals surface area contributed by atoms with Crippen molar-refractivity contribution in [2.75, 3.05) is 19.8 Å². The van der Waals surface area contributed by atoms with E-state index in [0.717, 1.165) is 25.5 Å². The maximum absolute atomic E-state index is 13.6. The average molecular weight is 374 g/mol. The molecule has 8 heteroatoms. The highest BCUT2D eigenvalue weighted by atomic mass is 35.5. The molecule has 138 valence electrons. The molecule has 1 heterocycles. The van der Waals surface area contributed by atoms with Crippen LogP contribution < -0.4 is 5.32 Å². The number of carbonyl (C=O) groups excluding carboxylic acids is 1. The number of rotatable bonds is 9. The highest BCUT2D eigenvalue weighted by Crippen LogP contribution is 2.22. The Hall–Kier alpha value is -1.70. The predicted octanol–water partition coefficient (Wildman–Crippen LogP) is 2.70. The zero-order chi connectivity index (χ0) is 18.2. The van der Waals surface area contributed by atoms with Gasteiger partial charge in [-0.25, -0.2) is 4.39 Å². The van der Waals surface area contributed by atoms with Gasteiger partial charge in [0.05, 0.1) is 36.8 Å². The van der Waals surface area contributed by atoms with Crippen LogP contribution in [0.1, 0.15) is 37.3 Å². The smallest absolute Gasteiger partial charge is 0.305 e. The van der Waals surface area contributed by atoms with Gasteiger partial charge in [-0.15, -0.1) is 0 Å². The minimum atomic E-state index is -1.10. The molecule has 1 aliphatic rings. The molecule has 6 nitrogen and oxygen atoms in total. The van der Waals surface area contributed by atoms with E-state index < -0.39 is 17.8 Å². The lowest BCUT2D eigenvalue weighted by Gasteiger charge is -2.18. The molecule has 0 bridgehead atoms. The van der Waals surface area contributed by atoms with Crippen LogP contribution in [0.2, 0.25) is 5.02 Å². The molecule has 2 rings (SSSR count). The van der Waals surface area contributed by atoms with Crippen LogP contribution >= 0.6 is 11.6 Å². The summed E-state index contributed by atoms with van der Waals surface area (Å²) in [7, 11) is 0. The van der Waals surface area contributed by atoms with Crippen LogP contribution in [0.25, 0.3) is 0 Å². The van der Waals surface area contributed by atoms with Gasteiger partial charge in [0.25, 0.3) is 0 Å². The fourth-order valence-corrected chi connectivity index (χ4v) is 2.70. The fourth-order valence-electron chi connectivity index (χ4n) is 2.58. The zero-order valence-electron chi connectivity index (χ0n) is 13.7. The molecule has 1 amide bonds. The second-order valence-electron chi connectivity index (χ2n) is 5.85. The lowest BCUT2D eigenvalue weighted by molar-refractivity contribution is -0.137. The van der Waals surface area contributed by atoms with Gasteiger partial charge in [-0.1, -0.05) is 17.7 Å².